The van der Waals surface area contributed by atoms with Crippen LogP contribution in [0.3, 0.4) is 0 Å². The number of hydrogen-bond acceptors (Lipinski definition) is 0. The molecule has 74 valence electrons. The Bertz CT molecular complexity index is 96.4. The predicted molar refractivity (Wildman–Crippen MR) is 65.2 cm³/mol. The summed E-state index contributed by atoms with van der Waals surface area (Å²) in [6.07, 6.45) is 2.87. The SMILES string of the molecule is CCP(C(C)C)P(CC)C(C)C. The van der Waals surface area contributed by atoms with Crippen LogP contribution in [0.5, 0.6) is 0 Å². The molecule has 0 N–H and O–H groups in total. The molecular formula is C10H24P2. The van der Waals surface area contributed by atoms with Gasteiger partial charge in [0.25, 0.3) is 0 Å². The van der Waals surface area contributed by atoms with Crippen LogP contribution >= 0.6 is 15.2 Å². The van der Waals surface area contributed by atoms with Gasteiger partial charge in [-0.15, -0.1) is 0 Å². The number of rotatable bonds is 5. The van der Waals surface area contributed by atoms with Crippen LogP contribution in [0.2, 0.25) is 0 Å². The lowest BCUT2D eigenvalue weighted by atomic mass is 10.6. The Balaban J connectivity index is 4.23. The van der Waals surface area contributed by atoms with Gasteiger partial charge in [0.15, 0.2) is 0 Å². The Hall–Kier alpha value is 0.860. The minimum Gasteiger partial charge on any atom is -0.0784 e. The molecule has 0 aliphatic rings. The Morgan fingerprint density at radius 3 is 1.08 bits per heavy atom. The molecule has 0 spiro atoms. The molecule has 2 heteroatoms. The standard InChI is InChI=1S/C10H24P2/c1-7-11(9(3)4)12(8-2)10(5)6/h9-10H,7-8H2,1-6H3. The van der Waals surface area contributed by atoms with E-state index in [4.69, 9.17) is 0 Å². The van der Waals surface area contributed by atoms with Gasteiger partial charge in [-0.25, -0.2) is 0 Å². The third-order valence-electron chi connectivity index (χ3n) is 2.17. The molecule has 0 bridgehead atoms. The quantitative estimate of drug-likeness (QED) is 0.571. The van der Waals surface area contributed by atoms with E-state index in [1.165, 1.54) is 12.3 Å². The van der Waals surface area contributed by atoms with Crippen molar-refractivity contribution < 1.29 is 0 Å². The topological polar surface area (TPSA) is 0 Å². The van der Waals surface area contributed by atoms with E-state index in [2.05, 4.69) is 41.5 Å². The molecule has 0 saturated carbocycles. The summed E-state index contributed by atoms with van der Waals surface area (Å²) in [5, 5.41) is 0. The monoisotopic (exact) mass is 206 g/mol. The third-order valence-corrected chi connectivity index (χ3v) is 13.0. The normalized spacial score (nSPS) is 17.0. The molecule has 2 unspecified atom stereocenters. The molecule has 0 aromatic carbocycles. The van der Waals surface area contributed by atoms with Crippen molar-refractivity contribution in [1.29, 1.82) is 0 Å². The summed E-state index contributed by atoms with van der Waals surface area (Å²) in [6.45, 7) is 14.4. The minimum atomic E-state index is 0.344. The summed E-state index contributed by atoms with van der Waals surface area (Å²) in [6, 6.07) is 0. The third kappa shape index (κ3) is 3.71. The van der Waals surface area contributed by atoms with Crippen molar-refractivity contribution in [3.8, 4) is 0 Å². The summed E-state index contributed by atoms with van der Waals surface area (Å²) < 4.78 is 0. The van der Waals surface area contributed by atoms with Crippen molar-refractivity contribution in [1.82, 2.24) is 0 Å². The van der Waals surface area contributed by atoms with Crippen molar-refractivity contribution in [2.75, 3.05) is 12.3 Å². The molecule has 0 amide bonds. The Kier molecular flexibility index (Phi) is 6.79. The van der Waals surface area contributed by atoms with Gasteiger partial charge in [-0.05, 0) is 23.6 Å². The maximum atomic E-state index is 2.41. The summed E-state index contributed by atoms with van der Waals surface area (Å²) >= 11 is 0. The fraction of sp³-hybridized carbons (Fsp3) is 1.00. The Morgan fingerprint density at radius 2 is 1.00 bits per heavy atom. The summed E-state index contributed by atoms with van der Waals surface area (Å²) in [5.41, 5.74) is 1.89. The lowest BCUT2D eigenvalue weighted by Gasteiger charge is -2.32. The predicted octanol–water partition coefficient (Wildman–Crippen LogP) is 4.72. The second kappa shape index (κ2) is 6.33. The van der Waals surface area contributed by atoms with E-state index >= 15 is 0 Å². The minimum absolute atomic E-state index is 0.344. The second-order valence-electron chi connectivity index (χ2n) is 3.70. The molecular weight excluding hydrogens is 182 g/mol. The highest BCUT2D eigenvalue weighted by atomic mass is 32.1. The van der Waals surface area contributed by atoms with Crippen molar-refractivity contribution in [2.45, 2.75) is 52.9 Å². The molecule has 0 radical (unpaired) electrons. The van der Waals surface area contributed by atoms with Crippen molar-refractivity contribution in [3.63, 3.8) is 0 Å². The lowest BCUT2D eigenvalue weighted by Crippen LogP contribution is -2.01. The van der Waals surface area contributed by atoms with E-state index < -0.39 is 0 Å². The number of hydrogen-bond donors (Lipinski definition) is 0. The van der Waals surface area contributed by atoms with Crippen molar-refractivity contribution in [2.24, 2.45) is 0 Å². The smallest absolute Gasteiger partial charge is 0.0227 e. The molecule has 0 rings (SSSR count). The first kappa shape index (κ1) is 12.9. The average Bonchev–Trinajstić information content (AvgIpc) is 1.98. The fourth-order valence-electron chi connectivity index (χ4n) is 1.69. The van der Waals surface area contributed by atoms with Gasteiger partial charge in [0.2, 0.25) is 0 Å². The highest BCUT2D eigenvalue weighted by Gasteiger charge is 2.22. The first-order chi connectivity index (χ1) is 5.54. The fourth-order valence-corrected chi connectivity index (χ4v) is 10.8. The van der Waals surface area contributed by atoms with Crippen molar-refractivity contribution in [3.05, 3.63) is 0 Å². The molecule has 0 saturated heterocycles. The van der Waals surface area contributed by atoms with Gasteiger partial charge in [0.05, 0.1) is 0 Å². The van der Waals surface area contributed by atoms with E-state index in [9.17, 15) is 0 Å². The second-order valence-corrected chi connectivity index (χ2v) is 11.9. The summed E-state index contributed by atoms with van der Waals surface area (Å²) in [7, 11) is 0.689. The zero-order valence-corrected chi connectivity index (χ0v) is 11.3. The van der Waals surface area contributed by atoms with Crippen LogP contribution in [0, 0.1) is 0 Å². The van der Waals surface area contributed by atoms with Gasteiger partial charge in [0, 0.05) is 0 Å². The maximum absolute atomic E-state index is 2.41. The molecule has 0 aliphatic heterocycles. The van der Waals surface area contributed by atoms with Gasteiger partial charge in [-0.2, -0.15) is 0 Å². The van der Waals surface area contributed by atoms with E-state index in [1.807, 2.05) is 0 Å². The zero-order valence-electron chi connectivity index (χ0n) is 9.46. The van der Waals surface area contributed by atoms with Crippen LogP contribution in [-0.4, -0.2) is 23.6 Å². The lowest BCUT2D eigenvalue weighted by molar-refractivity contribution is 1.07. The van der Waals surface area contributed by atoms with Crippen LogP contribution in [0.4, 0.5) is 0 Å². The van der Waals surface area contributed by atoms with Gasteiger partial charge in [-0.1, -0.05) is 56.8 Å². The first-order valence-corrected chi connectivity index (χ1v) is 8.97. The average molecular weight is 206 g/mol. The van der Waals surface area contributed by atoms with Crippen molar-refractivity contribution >= 4 is 15.2 Å². The van der Waals surface area contributed by atoms with Crippen LogP contribution in [-0.2, 0) is 0 Å². The molecule has 0 aromatic heterocycles. The highest BCUT2D eigenvalue weighted by molar-refractivity contribution is 8.30. The van der Waals surface area contributed by atoms with Gasteiger partial charge in [-0.3, -0.25) is 0 Å². The van der Waals surface area contributed by atoms with Gasteiger partial charge >= 0.3 is 0 Å². The Morgan fingerprint density at radius 1 is 0.750 bits per heavy atom. The molecule has 0 aromatic rings. The van der Waals surface area contributed by atoms with E-state index in [0.717, 1.165) is 11.3 Å². The maximum Gasteiger partial charge on any atom is -0.0227 e. The molecule has 0 aliphatic carbocycles. The summed E-state index contributed by atoms with van der Waals surface area (Å²) in [5.74, 6) is 0. The molecule has 0 fully saturated rings. The Labute approximate surface area is 80.9 Å². The highest BCUT2D eigenvalue weighted by Crippen LogP contribution is 2.73. The van der Waals surface area contributed by atoms with Gasteiger partial charge in [0.1, 0.15) is 0 Å². The zero-order chi connectivity index (χ0) is 9.72. The van der Waals surface area contributed by atoms with Crippen LogP contribution in [0.15, 0.2) is 0 Å². The summed E-state index contributed by atoms with van der Waals surface area (Å²) in [4.78, 5) is 0. The van der Waals surface area contributed by atoms with E-state index in [0.29, 0.717) is 15.2 Å². The largest absolute Gasteiger partial charge is 0.0784 e. The molecule has 2 atom stereocenters. The molecule has 0 nitrogen and oxygen atoms in total. The van der Waals surface area contributed by atoms with Crippen LogP contribution < -0.4 is 0 Å². The molecule has 12 heavy (non-hydrogen) atoms. The van der Waals surface area contributed by atoms with E-state index in [1.54, 1.807) is 0 Å². The molecule has 0 heterocycles. The van der Waals surface area contributed by atoms with Crippen LogP contribution in [0.25, 0.3) is 0 Å². The van der Waals surface area contributed by atoms with Gasteiger partial charge < -0.3 is 0 Å². The first-order valence-electron chi connectivity index (χ1n) is 5.07. The van der Waals surface area contributed by atoms with Crippen LogP contribution in [0.1, 0.15) is 41.5 Å². The van der Waals surface area contributed by atoms with E-state index in [-0.39, 0.29) is 0 Å².